The molecule has 10 heteroatoms. The van der Waals surface area contributed by atoms with E-state index in [0.29, 0.717) is 17.1 Å². The van der Waals surface area contributed by atoms with Crippen molar-refractivity contribution in [1.29, 1.82) is 0 Å². The summed E-state index contributed by atoms with van der Waals surface area (Å²) in [6.07, 6.45) is -2.50. The highest BCUT2D eigenvalue weighted by atomic mass is 35.5. The first-order valence-corrected chi connectivity index (χ1v) is 9.99. The number of hydrogen-bond acceptors (Lipinski definition) is 4. The van der Waals surface area contributed by atoms with Crippen molar-refractivity contribution in [2.75, 3.05) is 6.54 Å². The zero-order valence-corrected chi connectivity index (χ0v) is 17.7. The van der Waals surface area contributed by atoms with Gasteiger partial charge in [0.25, 0.3) is 5.91 Å². The number of nitrogens with one attached hydrogen (secondary N) is 1. The summed E-state index contributed by atoms with van der Waals surface area (Å²) in [7, 11) is 1.73. The maximum atomic E-state index is 13.2. The van der Waals surface area contributed by atoms with E-state index < -0.39 is 23.7 Å². The van der Waals surface area contributed by atoms with Crippen LogP contribution in [-0.2, 0) is 26.1 Å². The second-order valence-corrected chi connectivity index (χ2v) is 7.42. The number of carbonyl (C=O) groups excluding carboxylic acids is 1. The molecule has 0 aliphatic carbocycles. The molecule has 31 heavy (non-hydrogen) atoms. The lowest BCUT2D eigenvalue weighted by Crippen LogP contribution is -2.42. The number of alkyl halides is 3. The van der Waals surface area contributed by atoms with Crippen LogP contribution in [-0.4, -0.2) is 28.3 Å². The first kappa shape index (κ1) is 22.9. The second-order valence-electron chi connectivity index (χ2n) is 7.06. The number of nitrogens with zero attached hydrogens (tertiary/aromatic N) is 2. The summed E-state index contributed by atoms with van der Waals surface area (Å²) in [6, 6.07) is 6.06. The highest BCUT2D eigenvalue weighted by molar-refractivity contribution is 6.30. The fraction of sp³-hybridized carbons (Fsp3) is 0.333. The molecular formula is C21H22ClF3N4O2. The molecule has 6 nitrogen and oxygen atoms in total. The predicted molar refractivity (Wildman–Crippen MR) is 111 cm³/mol. The molecule has 0 spiro atoms. The van der Waals surface area contributed by atoms with Gasteiger partial charge in [0.05, 0.1) is 11.3 Å². The van der Waals surface area contributed by atoms with Crippen molar-refractivity contribution in [2.24, 2.45) is 12.8 Å². The zero-order valence-electron chi connectivity index (χ0n) is 17.0. The number of benzene rings is 1. The molecule has 1 unspecified atom stereocenters. The maximum absolute atomic E-state index is 13.2. The van der Waals surface area contributed by atoms with Gasteiger partial charge in [-0.1, -0.05) is 36.7 Å². The molecule has 3 rings (SSSR count). The SMILES string of the molecule is CCc1c(Cl)nn(C)c1-c1coc(C(=O)NC(CN)Cc2ccccc2C(F)(F)F)c1. The van der Waals surface area contributed by atoms with Crippen LogP contribution >= 0.6 is 11.6 Å². The van der Waals surface area contributed by atoms with Crippen molar-refractivity contribution in [3.8, 4) is 11.3 Å². The van der Waals surface area contributed by atoms with E-state index in [1.54, 1.807) is 17.8 Å². The highest BCUT2D eigenvalue weighted by Crippen LogP contribution is 2.33. The lowest BCUT2D eigenvalue weighted by Gasteiger charge is -2.19. The number of nitrogens with two attached hydrogens (primary N) is 1. The summed E-state index contributed by atoms with van der Waals surface area (Å²) in [5.41, 5.74) is 7.19. The van der Waals surface area contributed by atoms with E-state index in [0.717, 1.165) is 17.3 Å². The van der Waals surface area contributed by atoms with Crippen LogP contribution < -0.4 is 11.1 Å². The quantitative estimate of drug-likeness (QED) is 0.560. The molecule has 0 fully saturated rings. The van der Waals surface area contributed by atoms with Crippen LogP contribution in [0.25, 0.3) is 11.3 Å². The maximum Gasteiger partial charge on any atom is 0.416 e. The first-order valence-electron chi connectivity index (χ1n) is 9.62. The third kappa shape index (κ3) is 4.94. The van der Waals surface area contributed by atoms with Crippen molar-refractivity contribution in [1.82, 2.24) is 15.1 Å². The number of rotatable bonds is 7. The number of furan rings is 1. The van der Waals surface area contributed by atoms with Gasteiger partial charge in [-0.05, 0) is 30.5 Å². The summed E-state index contributed by atoms with van der Waals surface area (Å²) in [4.78, 5) is 12.6. The van der Waals surface area contributed by atoms with Gasteiger partial charge in [-0.15, -0.1) is 0 Å². The lowest BCUT2D eigenvalue weighted by molar-refractivity contribution is -0.138. The molecule has 1 aromatic carbocycles. The lowest BCUT2D eigenvalue weighted by atomic mass is 9.99. The van der Waals surface area contributed by atoms with Crippen molar-refractivity contribution < 1.29 is 22.4 Å². The van der Waals surface area contributed by atoms with Gasteiger partial charge in [0.2, 0.25) is 0 Å². The number of carbonyl (C=O) groups is 1. The number of halogens is 4. The van der Waals surface area contributed by atoms with Gasteiger partial charge in [0.1, 0.15) is 6.26 Å². The van der Waals surface area contributed by atoms with Crippen molar-refractivity contribution >= 4 is 17.5 Å². The molecule has 0 radical (unpaired) electrons. The van der Waals surface area contributed by atoms with Gasteiger partial charge >= 0.3 is 6.18 Å². The number of aromatic nitrogens is 2. The topological polar surface area (TPSA) is 86.1 Å². The first-order chi connectivity index (χ1) is 14.7. The van der Waals surface area contributed by atoms with E-state index in [-0.39, 0.29) is 24.3 Å². The van der Waals surface area contributed by atoms with Gasteiger partial charge < -0.3 is 15.5 Å². The predicted octanol–water partition coefficient (Wildman–Crippen LogP) is 4.21. The molecule has 1 atom stereocenters. The third-order valence-electron chi connectivity index (χ3n) is 4.96. The summed E-state index contributed by atoms with van der Waals surface area (Å²) >= 11 is 6.14. The molecule has 2 heterocycles. The van der Waals surface area contributed by atoms with Crippen molar-refractivity contribution in [2.45, 2.75) is 32.0 Å². The molecule has 166 valence electrons. The Hall–Kier alpha value is -2.78. The van der Waals surface area contributed by atoms with E-state index >= 15 is 0 Å². The standard InChI is InChI=1S/C21H22ClF3N4O2/c1-3-15-18(29(2)28-19(15)22)13-9-17(31-11-13)20(30)27-14(10-26)8-12-6-4-5-7-16(12)21(23,24)25/h4-7,9,11,14H,3,8,10,26H2,1-2H3,(H,27,30). The van der Waals surface area contributed by atoms with E-state index in [4.69, 9.17) is 21.8 Å². The summed E-state index contributed by atoms with van der Waals surface area (Å²) in [6.45, 7) is 1.90. The monoisotopic (exact) mass is 454 g/mol. The van der Waals surface area contributed by atoms with Crippen molar-refractivity contribution in [3.63, 3.8) is 0 Å². The molecule has 0 aliphatic rings. The Morgan fingerprint density at radius 2 is 2.06 bits per heavy atom. The van der Waals surface area contributed by atoms with Crippen molar-refractivity contribution in [3.05, 3.63) is 64.2 Å². The molecule has 3 aromatic rings. The minimum absolute atomic E-state index is 0.0110. The summed E-state index contributed by atoms with van der Waals surface area (Å²) in [5, 5.41) is 7.20. The second kappa shape index (κ2) is 9.15. The smallest absolute Gasteiger partial charge is 0.416 e. The van der Waals surface area contributed by atoms with Gasteiger partial charge in [0.15, 0.2) is 10.9 Å². The number of aryl methyl sites for hydroxylation is 1. The average Bonchev–Trinajstić information content (AvgIpc) is 3.30. The third-order valence-corrected chi connectivity index (χ3v) is 5.26. The Morgan fingerprint density at radius 1 is 1.35 bits per heavy atom. The molecule has 0 saturated heterocycles. The van der Waals surface area contributed by atoms with Gasteiger partial charge in [-0.2, -0.15) is 18.3 Å². The Morgan fingerprint density at radius 3 is 2.71 bits per heavy atom. The molecule has 3 N–H and O–H groups in total. The summed E-state index contributed by atoms with van der Waals surface area (Å²) < 4.78 is 46.7. The molecular weight excluding hydrogens is 433 g/mol. The van der Waals surface area contributed by atoms with Gasteiger partial charge in [0, 0.05) is 30.8 Å². The number of amides is 1. The van der Waals surface area contributed by atoms with Crippen LogP contribution in [0.4, 0.5) is 13.2 Å². The molecule has 2 aromatic heterocycles. The van der Waals surface area contributed by atoms with Crippen LogP contribution in [0.5, 0.6) is 0 Å². The number of hydrogen-bond donors (Lipinski definition) is 2. The largest absolute Gasteiger partial charge is 0.458 e. The Kier molecular flexibility index (Phi) is 6.76. The average molecular weight is 455 g/mol. The molecule has 1 amide bonds. The minimum atomic E-state index is -4.49. The molecule has 0 aliphatic heterocycles. The fourth-order valence-corrected chi connectivity index (χ4v) is 3.82. The van der Waals surface area contributed by atoms with E-state index in [1.807, 2.05) is 6.92 Å². The molecule has 0 bridgehead atoms. The molecule has 0 saturated carbocycles. The Bertz CT molecular complexity index is 1080. The van der Waals surface area contributed by atoms with Gasteiger partial charge in [-0.25, -0.2) is 0 Å². The van der Waals surface area contributed by atoms with Crippen LogP contribution in [0, 0.1) is 0 Å². The van der Waals surface area contributed by atoms with Crippen LogP contribution in [0.15, 0.2) is 41.0 Å². The van der Waals surface area contributed by atoms with Crippen LogP contribution in [0.2, 0.25) is 5.15 Å². The van der Waals surface area contributed by atoms with E-state index in [2.05, 4.69) is 10.4 Å². The zero-order chi connectivity index (χ0) is 22.8. The normalized spacial score (nSPS) is 12.7. The summed E-state index contributed by atoms with van der Waals surface area (Å²) in [5.74, 6) is -0.561. The highest BCUT2D eigenvalue weighted by Gasteiger charge is 2.33. The Labute approximate surface area is 182 Å². The van der Waals surface area contributed by atoms with E-state index in [9.17, 15) is 18.0 Å². The van der Waals surface area contributed by atoms with Crippen LogP contribution in [0.1, 0.15) is 34.2 Å². The minimum Gasteiger partial charge on any atom is -0.458 e. The van der Waals surface area contributed by atoms with E-state index in [1.165, 1.54) is 24.5 Å². The van der Waals surface area contributed by atoms with Crippen LogP contribution in [0.3, 0.4) is 0 Å². The Balaban J connectivity index is 1.78. The van der Waals surface area contributed by atoms with Gasteiger partial charge in [-0.3, -0.25) is 9.48 Å². The fourth-order valence-electron chi connectivity index (χ4n) is 3.48.